The lowest BCUT2D eigenvalue weighted by molar-refractivity contribution is -0.00127. The van der Waals surface area contributed by atoms with Crippen molar-refractivity contribution in [3.8, 4) is 0 Å². The Labute approximate surface area is 91.5 Å². The summed E-state index contributed by atoms with van der Waals surface area (Å²) in [6.07, 6.45) is 17.6. The minimum atomic E-state index is 0.176. The normalized spacial score (nSPS) is 27.7. The molecule has 0 aromatic rings. The van der Waals surface area contributed by atoms with Crippen molar-refractivity contribution in [3.05, 3.63) is 35.6 Å². The van der Waals surface area contributed by atoms with Gasteiger partial charge in [-0.15, -0.1) is 0 Å². The summed E-state index contributed by atoms with van der Waals surface area (Å²) >= 11 is 0. The van der Waals surface area contributed by atoms with Gasteiger partial charge in [-0.05, 0) is 43.8 Å². The molecule has 1 saturated carbocycles. The highest BCUT2D eigenvalue weighted by Crippen LogP contribution is 2.45. The first-order valence-electron chi connectivity index (χ1n) is 6.13. The Balaban J connectivity index is 1.83. The van der Waals surface area contributed by atoms with Crippen molar-refractivity contribution >= 4 is 0 Å². The molecular formula is C14H18O. The molecule has 15 heavy (non-hydrogen) atoms. The molecule has 0 N–H and O–H groups in total. The maximum absolute atomic E-state index is 6.22. The van der Waals surface area contributed by atoms with E-state index in [1.807, 2.05) is 0 Å². The van der Waals surface area contributed by atoms with Gasteiger partial charge in [0.1, 0.15) is 11.4 Å². The molecule has 1 heterocycles. The SMILES string of the molecule is C1=CC2=C(C=CC1)OC1(CCCCC1)C2. The van der Waals surface area contributed by atoms with Crippen molar-refractivity contribution in [2.24, 2.45) is 0 Å². The van der Waals surface area contributed by atoms with E-state index in [0.717, 1.165) is 18.6 Å². The Hall–Kier alpha value is -0.980. The molecule has 80 valence electrons. The topological polar surface area (TPSA) is 9.23 Å². The van der Waals surface area contributed by atoms with Crippen LogP contribution in [0.3, 0.4) is 0 Å². The van der Waals surface area contributed by atoms with E-state index in [4.69, 9.17) is 4.74 Å². The number of hydrogen-bond donors (Lipinski definition) is 0. The molecule has 0 unspecified atom stereocenters. The van der Waals surface area contributed by atoms with Crippen molar-refractivity contribution in [2.75, 3.05) is 0 Å². The van der Waals surface area contributed by atoms with Crippen molar-refractivity contribution in [3.63, 3.8) is 0 Å². The summed E-state index contributed by atoms with van der Waals surface area (Å²) in [5.41, 5.74) is 1.60. The summed E-state index contributed by atoms with van der Waals surface area (Å²) in [6.45, 7) is 0. The Morgan fingerprint density at radius 2 is 1.80 bits per heavy atom. The van der Waals surface area contributed by atoms with Crippen LogP contribution < -0.4 is 0 Å². The van der Waals surface area contributed by atoms with E-state index in [-0.39, 0.29) is 5.60 Å². The van der Waals surface area contributed by atoms with E-state index in [2.05, 4.69) is 24.3 Å². The monoisotopic (exact) mass is 202 g/mol. The van der Waals surface area contributed by atoms with Gasteiger partial charge in [0.05, 0.1) is 0 Å². The molecule has 1 aliphatic heterocycles. The standard InChI is InChI=1S/C14H18O/c1-3-7-12-11-14(9-5-2-6-10-14)15-13(12)8-4-1/h3-4,7-8H,1-2,5-6,9-11H2. The zero-order chi connectivity index (χ0) is 10.1. The first-order valence-corrected chi connectivity index (χ1v) is 6.13. The van der Waals surface area contributed by atoms with Gasteiger partial charge in [0.2, 0.25) is 0 Å². The van der Waals surface area contributed by atoms with Crippen LogP contribution in [0.15, 0.2) is 35.6 Å². The van der Waals surface area contributed by atoms with E-state index < -0.39 is 0 Å². The van der Waals surface area contributed by atoms with Gasteiger partial charge in [0, 0.05) is 6.42 Å². The maximum Gasteiger partial charge on any atom is 0.123 e. The van der Waals surface area contributed by atoms with Crippen molar-refractivity contribution < 1.29 is 4.74 Å². The lowest BCUT2D eigenvalue weighted by Crippen LogP contribution is -2.31. The van der Waals surface area contributed by atoms with Crippen LogP contribution >= 0.6 is 0 Å². The Bertz CT molecular complexity index is 314. The first kappa shape index (κ1) is 9.26. The van der Waals surface area contributed by atoms with Crippen LogP contribution in [0.25, 0.3) is 0 Å². The Kier molecular flexibility index (Phi) is 2.19. The lowest BCUT2D eigenvalue weighted by atomic mass is 9.81. The molecule has 0 radical (unpaired) electrons. The summed E-state index contributed by atoms with van der Waals surface area (Å²) in [7, 11) is 0. The van der Waals surface area contributed by atoms with E-state index in [1.165, 1.54) is 37.7 Å². The van der Waals surface area contributed by atoms with Crippen LogP contribution in [0.5, 0.6) is 0 Å². The average Bonchev–Trinajstić information content (AvgIpc) is 2.44. The molecule has 0 amide bonds. The second kappa shape index (κ2) is 3.55. The predicted octanol–water partition coefficient (Wildman–Crippen LogP) is 3.88. The molecule has 1 heteroatoms. The summed E-state index contributed by atoms with van der Waals surface area (Å²) < 4.78 is 6.22. The van der Waals surface area contributed by atoms with Gasteiger partial charge in [-0.25, -0.2) is 0 Å². The smallest absolute Gasteiger partial charge is 0.123 e. The van der Waals surface area contributed by atoms with Crippen LogP contribution in [-0.4, -0.2) is 5.60 Å². The third kappa shape index (κ3) is 1.64. The molecule has 3 rings (SSSR count). The van der Waals surface area contributed by atoms with Gasteiger partial charge >= 0.3 is 0 Å². The van der Waals surface area contributed by atoms with Crippen LogP contribution in [0.1, 0.15) is 44.9 Å². The van der Waals surface area contributed by atoms with Gasteiger partial charge in [0.25, 0.3) is 0 Å². The largest absolute Gasteiger partial charge is 0.487 e. The fourth-order valence-corrected chi connectivity index (χ4v) is 2.99. The number of allylic oxidation sites excluding steroid dienone is 4. The van der Waals surface area contributed by atoms with E-state index in [0.29, 0.717) is 0 Å². The summed E-state index contributed by atoms with van der Waals surface area (Å²) in [5, 5.41) is 0. The average molecular weight is 202 g/mol. The van der Waals surface area contributed by atoms with Gasteiger partial charge in [-0.3, -0.25) is 0 Å². The minimum absolute atomic E-state index is 0.176. The van der Waals surface area contributed by atoms with Gasteiger partial charge in [0.15, 0.2) is 0 Å². The second-order valence-corrected chi connectivity index (χ2v) is 4.95. The van der Waals surface area contributed by atoms with E-state index >= 15 is 0 Å². The quantitative estimate of drug-likeness (QED) is 0.579. The second-order valence-electron chi connectivity index (χ2n) is 4.95. The highest BCUT2D eigenvalue weighted by molar-refractivity contribution is 5.37. The third-order valence-corrected chi connectivity index (χ3v) is 3.78. The van der Waals surface area contributed by atoms with Gasteiger partial charge in [-0.1, -0.05) is 24.6 Å². The number of hydrogen-bond acceptors (Lipinski definition) is 1. The molecule has 1 nitrogen and oxygen atoms in total. The first-order chi connectivity index (χ1) is 7.38. The molecule has 1 fully saturated rings. The van der Waals surface area contributed by atoms with E-state index in [1.54, 1.807) is 0 Å². The van der Waals surface area contributed by atoms with Crippen molar-refractivity contribution in [2.45, 2.75) is 50.5 Å². The highest BCUT2D eigenvalue weighted by Gasteiger charge is 2.40. The van der Waals surface area contributed by atoms with Crippen LogP contribution in [0, 0.1) is 0 Å². The molecule has 0 atom stereocenters. The van der Waals surface area contributed by atoms with Crippen LogP contribution in [-0.2, 0) is 4.74 Å². The molecular weight excluding hydrogens is 184 g/mol. The molecule has 0 aromatic heterocycles. The fraction of sp³-hybridized carbons (Fsp3) is 0.571. The maximum atomic E-state index is 6.22. The number of ether oxygens (including phenoxy) is 1. The van der Waals surface area contributed by atoms with Gasteiger partial charge < -0.3 is 4.74 Å². The van der Waals surface area contributed by atoms with Crippen molar-refractivity contribution in [1.82, 2.24) is 0 Å². The zero-order valence-electron chi connectivity index (χ0n) is 9.17. The Morgan fingerprint density at radius 3 is 2.67 bits per heavy atom. The third-order valence-electron chi connectivity index (χ3n) is 3.78. The highest BCUT2D eigenvalue weighted by atomic mass is 16.5. The van der Waals surface area contributed by atoms with E-state index in [9.17, 15) is 0 Å². The summed E-state index contributed by atoms with van der Waals surface area (Å²) in [5.74, 6) is 1.14. The molecule has 1 spiro atoms. The molecule has 0 aromatic carbocycles. The van der Waals surface area contributed by atoms with Crippen LogP contribution in [0.4, 0.5) is 0 Å². The Morgan fingerprint density at radius 1 is 1.00 bits per heavy atom. The molecule has 0 bridgehead atoms. The molecule has 2 aliphatic carbocycles. The van der Waals surface area contributed by atoms with Crippen LogP contribution in [0.2, 0.25) is 0 Å². The van der Waals surface area contributed by atoms with Crippen molar-refractivity contribution in [1.29, 1.82) is 0 Å². The summed E-state index contributed by atoms with van der Waals surface area (Å²) in [4.78, 5) is 0. The lowest BCUT2D eigenvalue weighted by Gasteiger charge is -2.33. The minimum Gasteiger partial charge on any atom is -0.487 e. The summed E-state index contributed by atoms with van der Waals surface area (Å²) in [6, 6.07) is 0. The fourth-order valence-electron chi connectivity index (χ4n) is 2.99. The van der Waals surface area contributed by atoms with Gasteiger partial charge in [-0.2, -0.15) is 0 Å². The zero-order valence-corrected chi connectivity index (χ0v) is 9.17. The molecule has 0 saturated heterocycles. The molecule has 3 aliphatic rings. The number of rotatable bonds is 0. The predicted molar refractivity (Wildman–Crippen MR) is 61.4 cm³/mol.